The highest BCUT2D eigenvalue weighted by molar-refractivity contribution is 7.98. The summed E-state index contributed by atoms with van der Waals surface area (Å²) in [5.41, 5.74) is 1.47. The molecule has 0 saturated carbocycles. The van der Waals surface area contributed by atoms with E-state index in [9.17, 15) is 18.3 Å². The predicted molar refractivity (Wildman–Crippen MR) is 83.5 cm³/mol. The molecule has 3 rings (SSSR count). The molecule has 0 spiro atoms. The molecular formula is C15H11F3N4O2S. The molecule has 0 atom stereocenters. The Kier molecular flexibility index (Phi) is 4.79. The van der Waals surface area contributed by atoms with Gasteiger partial charge in [0.05, 0.1) is 5.69 Å². The Morgan fingerprint density at radius 2 is 1.72 bits per heavy atom. The number of phenols is 1. The van der Waals surface area contributed by atoms with Crippen LogP contribution in [0.4, 0.5) is 13.2 Å². The molecule has 0 aliphatic heterocycles. The van der Waals surface area contributed by atoms with Gasteiger partial charge in [-0.05, 0) is 52.4 Å². The van der Waals surface area contributed by atoms with E-state index in [1.54, 1.807) is 24.3 Å². The molecule has 0 radical (unpaired) electrons. The smallest absolute Gasteiger partial charge is 0.508 e. The first-order chi connectivity index (χ1) is 11.9. The molecule has 0 amide bonds. The summed E-state index contributed by atoms with van der Waals surface area (Å²) in [6.07, 6.45) is -4.71. The van der Waals surface area contributed by atoms with Gasteiger partial charge in [0.1, 0.15) is 11.5 Å². The lowest BCUT2D eigenvalue weighted by Crippen LogP contribution is -2.16. The second-order valence-corrected chi connectivity index (χ2v) is 5.81. The lowest BCUT2D eigenvalue weighted by Gasteiger charge is -2.09. The van der Waals surface area contributed by atoms with Crippen molar-refractivity contribution in [3.8, 4) is 17.2 Å². The van der Waals surface area contributed by atoms with Crippen molar-refractivity contribution in [2.75, 3.05) is 0 Å². The maximum absolute atomic E-state index is 12.1. The fourth-order valence-electron chi connectivity index (χ4n) is 1.96. The summed E-state index contributed by atoms with van der Waals surface area (Å²) >= 11 is 1.33. The van der Waals surface area contributed by atoms with Gasteiger partial charge in [0.2, 0.25) is 5.16 Å². The van der Waals surface area contributed by atoms with Gasteiger partial charge in [-0.3, -0.25) is 0 Å². The number of benzene rings is 2. The molecule has 6 nitrogen and oxygen atoms in total. The average molecular weight is 368 g/mol. The Morgan fingerprint density at radius 1 is 1.04 bits per heavy atom. The Bertz CT molecular complexity index is 835. The summed E-state index contributed by atoms with van der Waals surface area (Å²) in [4.78, 5) is 0. The Balaban J connectivity index is 1.66. The molecule has 0 bridgehead atoms. The fourth-order valence-corrected chi connectivity index (χ4v) is 2.81. The molecule has 130 valence electrons. The third-order valence-electron chi connectivity index (χ3n) is 3.06. The van der Waals surface area contributed by atoms with Crippen molar-refractivity contribution in [2.45, 2.75) is 17.3 Å². The Morgan fingerprint density at radius 3 is 2.36 bits per heavy atom. The van der Waals surface area contributed by atoms with Crippen LogP contribution in [0.25, 0.3) is 5.69 Å². The molecule has 2 aromatic carbocycles. The number of tetrazole rings is 1. The molecule has 1 N–H and O–H groups in total. The number of alkyl halides is 3. The number of halogens is 3. The van der Waals surface area contributed by atoms with Crippen molar-refractivity contribution in [2.24, 2.45) is 0 Å². The predicted octanol–water partition coefficient (Wildman–Crippen LogP) is 3.56. The summed E-state index contributed by atoms with van der Waals surface area (Å²) in [7, 11) is 0. The molecule has 0 saturated heterocycles. The van der Waals surface area contributed by atoms with Crippen LogP contribution in [0.2, 0.25) is 0 Å². The van der Waals surface area contributed by atoms with Gasteiger partial charge in [0, 0.05) is 5.75 Å². The summed E-state index contributed by atoms with van der Waals surface area (Å²) < 4.78 is 41.8. The van der Waals surface area contributed by atoms with Gasteiger partial charge in [-0.15, -0.1) is 18.3 Å². The molecule has 0 fully saturated rings. The van der Waals surface area contributed by atoms with E-state index in [4.69, 9.17) is 0 Å². The van der Waals surface area contributed by atoms with Crippen LogP contribution in [0, 0.1) is 0 Å². The summed E-state index contributed by atoms with van der Waals surface area (Å²) in [6.45, 7) is 0. The van der Waals surface area contributed by atoms with Crippen LogP contribution in [0.1, 0.15) is 5.56 Å². The normalized spacial score (nSPS) is 11.5. The van der Waals surface area contributed by atoms with Crippen molar-refractivity contribution in [3.63, 3.8) is 0 Å². The maximum atomic E-state index is 12.1. The van der Waals surface area contributed by atoms with Crippen LogP contribution in [0.15, 0.2) is 53.7 Å². The number of aromatic nitrogens is 4. The standard InChI is InChI=1S/C15H11F3N4O2S/c16-15(17,18)24-13-7-1-10(2-8-13)9-25-14-19-20-21-22(14)11-3-5-12(23)6-4-11/h1-8,23H,9H2. The third kappa shape index (κ3) is 4.63. The number of rotatable bonds is 5. The first-order valence-corrected chi connectivity index (χ1v) is 7.94. The number of nitrogens with zero attached hydrogens (tertiary/aromatic N) is 4. The minimum Gasteiger partial charge on any atom is -0.508 e. The molecule has 0 unspecified atom stereocenters. The van der Waals surface area contributed by atoms with Crippen LogP contribution >= 0.6 is 11.8 Å². The number of thioether (sulfide) groups is 1. The second kappa shape index (κ2) is 7.01. The van der Waals surface area contributed by atoms with Gasteiger partial charge in [0.25, 0.3) is 0 Å². The Labute approximate surface area is 144 Å². The third-order valence-corrected chi connectivity index (χ3v) is 4.05. The van der Waals surface area contributed by atoms with E-state index in [1.807, 2.05) is 0 Å². The topological polar surface area (TPSA) is 73.1 Å². The average Bonchev–Trinajstić information content (AvgIpc) is 3.02. The molecule has 3 aromatic rings. The van der Waals surface area contributed by atoms with Gasteiger partial charge in [0.15, 0.2) is 0 Å². The van der Waals surface area contributed by atoms with Crippen molar-refractivity contribution in [3.05, 3.63) is 54.1 Å². The highest BCUT2D eigenvalue weighted by Gasteiger charge is 2.30. The Hall–Kier alpha value is -2.75. The van der Waals surface area contributed by atoms with E-state index < -0.39 is 6.36 Å². The molecule has 0 aliphatic carbocycles. The van der Waals surface area contributed by atoms with E-state index in [1.165, 1.54) is 40.7 Å². The minimum atomic E-state index is -4.71. The zero-order valence-electron chi connectivity index (χ0n) is 12.5. The molecule has 1 aromatic heterocycles. The largest absolute Gasteiger partial charge is 0.573 e. The van der Waals surface area contributed by atoms with Crippen LogP contribution in [-0.2, 0) is 5.75 Å². The molecule has 10 heteroatoms. The van der Waals surface area contributed by atoms with Gasteiger partial charge in [-0.2, -0.15) is 4.68 Å². The maximum Gasteiger partial charge on any atom is 0.573 e. The highest BCUT2D eigenvalue weighted by Crippen LogP contribution is 2.26. The summed E-state index contributed by atoms with van der Waals surface area (Å²) in [6, 6.07) is 12.0. The van der Waals surface area contributed by atoms with Crippen LogP contribution in [0.3, 0.4) is 0 Å². The molecule has 0 aliphatic rings. The summed E-state index contributed by atoms with van der Waals surface area (Å²) in [5, 5.41) is 21.3. The molecular weight excluding hydrogens is 357 g/mol. The quantitative estimate of drug-likeness (QED) is 0.694. The molecule has 1 heterocycles. The van der Waals surface area contributed by atoms with Crippen LogP contribution in [-0.4, -0.2) is 31.7 Å². The van der Waals surface area contributed by atoms with Crippen molar-refractivity contribution in [1.29, 1.82) is 0 Å². The van der Waals surface area contributed by atoms with Crippen molar-refractivity contribution in [1.82, 2.24) is 20.2 Å². The monoisotopic (exact) mass is 368 g/mol. The fraction of sp³-hybridized carbons (Fsp3) is 0.133. The number of phenolic OH excluding ortho intramolecular Hbond substituents is 1. The first-order valence-electron chi connectivity index (χ1n) is 6.96. The number of hydrogen-bond donors (Lipinski definition) is 1. The second-order valence-electron chi connectivity index (χ2n) is 4.87. The SMILES string of the molecule is Oc1ccc(-n2nnnc2SCc2ccc(OC(F)(F)F)cc2)cc1. The van der Waals surface area contributed by atoms with E-state index in [0.717, 1.165) is 5.56 Å². The van der Waals surface area contributed by atoms with Crippen LogP contribution in [0.5, 0.6) is 11.5 Å². The van der Waals surface area contributed by atoms with E-state index in [2.05, 4.69) is 20.3 Å². The van der Waals surface area contributed by atoms with Gasteiger partial charge < -0.3 is 9.84 Å². The van der Waals surface area contributed by atoms with Gasteiger partial charge >= 0.3 is 6.36 Å². The number of ether oxygens (including phenoxy) is 1. The van der Waals surface area contributed by atoms with Crippen molar-refractivity contribution < 1.29 is 23.0 Å². The summed E-state index contributed by atoms with van der Waals surface area (Å²) in [5.74, 6) is 0.326. The van der Waals surface area contributed by atoms with Crippen molar-refractivity contribution >= 4 is 11.8 Å². The van der Waals surface area contributed by atoms with E-state index in [0.29, 0.717) is 16.6 Å². The van der Waals surface area contributed by atoms with E-state index in [-0.39, 0.29) is 11.5 Å². The lowest BCUT2D eigenvalue weighted by atomic mass is 10.2. The zero-order chi connectivity index (χ0) is 17.9. The highest BCUT2D eigenvalue weighted by atomic mass is 32.2. The first kappa shape index (κ1) is 17.1. The minimum absolute atomic E-state index is 0.132. The van der Waals surface area contributed by atoms with E-state index >= 15 is 0 Å². The lowest BCUT2D eigenvalue weighted by molar-refractivity contribution is -0.274. The van der Waals surface area contributed by atoms with Crippen LogP contribution < -0.4 is 4.74 Å². The van der Waals surface area contributed by atoms with Gasteiger partial charge in [-0.1, -0.05) is 23.9 Å². The number of hydrogen-bond acceptors (Lipinski definition) is 6. The molecule has 25 heavy (non-hydrogen) atoms. The number of aromatic hydroxyl groups is 1. The zero-order valence-corrected chi connectivity index (χ0v) is 13.3. The van der Waals surface area contributed by atoms with Gasteiger partial charge in [-0.25, -0.2) is 0 Å².